The van der Waals surface area contributed by atoms with E-state index < -0.39 is 0 Å². The van der Waals surface area contributed by atoms with Crippen molar-refractivity contribution in [2.45, 2.75) is 6.42 Å². The number of rotatable bonds is 1. The fourth-order valence-electron chi connectivity index (χ4n) is 0.746. The minimum absolute atomic E-state index is 0.384. The quantitative estimate of drug-likeness (QED) is 0.660. The van der Waals surface area contributed by atoms with E-state index in [9.17, 15) is 0 Å². The second-order valence-corrected chi connectivity index (χ2v) is 2.95. The Morgan fingerprint density at radius 1 is 1.55 bits per heavy atom. The van der Waals surface area contributed by atoms with Gasteiger partial charge in [-0.2, -0.15) is 5.26 Å². The van der Waals surface area contributed by atoms with Gasteiger partial charge in [0, 0.05) is 6.07 Å². The lowest BCUT2D eigenvalue weighted by molar-refractivity contribution is -0.288. The normalized spacial score (nSPS) is 9.18. The summed E-state index contributed by atoms with van der Waals surface area (Å²) >= 11 is 10.6. The van der Waals surface area contributed by atoms with Crippen molar-refractivity contribution in [2.24, 2.45) is 0 Å². The van der Waals surface area contributed by atoms with Crippen molar-refractivity contribution in [2.75, 3.05) is 0 Å². The van der Waals surface area contributed by atoms with Gasteiger partial charge in [0.2, 0.25) is 5.02 Å². The molecule has 0 fully saturated rings. The largest absolute Gasteiger partial charge is 0.244 e. The van der Waals surface area contributed by atoms with E-state index in [1.165, 1.54) is 0 Å². The Morgan fingerprint density at radius 2 is 2.27 bits per heavy atom. The first-order valence-electron chi connectivity index (χ1n) is 3.06. The average molecular weight is 187 g/mol. The van der Waals surface area contributed by atoms with Crippen LogP contribution in [-0.4, -0.2) is 0 Å². The first kappa shape index (κ1) is 8.39. The van der Waals surface area contributed by atoms with Gasteiger partial charge >= 0.3 is 0 Å². The van der Waals surface area contributed by atoms with Crippen LogP contribution >= 0.6 is 11.6 Å². The van der Waals surface area contributed by atoms with Gasteiger partial charge in [0.25, 0.3) is 0 Å². The first-order chi connectivity index (χ1) is 5.24. The Hall–Kier alpha value is -0.710. The average Bonchev–Trinajstić information content (AvgIpc) is 1.98. The molecule has 0 amide bonds. The first-order valence-corrected chi connectivity index (χ1v) is 3.85. The predicted molar refractivity (Wildman–Crippen MR) is 41.3 cm³/mol. The zero-order valence-electron chi connectivity index (χ0n) is 5.67. The third kappa shape index (κ3) is 2.11. The summed E-state index contributed by atoms with van der Waals surface area (Å²) in [6, 6.07) is 7.32. The summed E-state index contributed by atoms with van der Waals surface area (Å²) in [7, 11) is 0. The zero-order valence-corrected chi connectivity index (χ0v) is 7.25. The molecule has 1 rings (SSSR count). The van der Waals surface area contributed by atoms with Crippen LogP contribution in [0.4, 0.5) is 0 Å². The molecule has 0 unspecified atom stereocenters. The van der Waals surface area contributed by atoms with Crippen molar-refractivity contribution in [3.63, 3.8) is 0 Å². The maximum Gasteiger partial charge on any atom is 0.244 e. The predicted octanol–water partition coefficient (Wildman–Crippen LogP) is 2.10. The molecule has 0 saturated carbocycles. The molecular weight excluding hydrogens is 181 g/mol. The van der Waals surface area contributed by atoms with Crippen LogP contribution in [0.3, 0.4) is 0 Å². The molecule has 0 saturated heterocycles. The second-order valence-electron chi connectivity index (χ2n) is 2.10. The van der Waals surface area contributed by atoms with Gasteiger partial charge in [-0.1, -0.05) is 17.7 Å². The van der Waals surface area contributed by atoms with Crippen LogP contribution < -0.4 is 0 Å². The Labute approximate surface area is 75.2 Å². The highest BCUT2D eigenvalue weighted by Crippen LogP contribution is 2.18. The highest BCUT2D eigenvalue weighted by atomic mass is 35.5. The Balaban J connectivity index is 2.98. The zero-order chi connectivity index (χ0) is 8.27. The van der Waals surface area contributed by atoms with E-state index in [0.29, 0.717) is 16.5 Å². The van der Waals surface area contributed by atoms with Crippen molar-refractivity contribution in [1.82, 2.24) is 0 Å². The maximum atomic E-state index is 8.36. The van der Waals surface area contributed by atoms with Gasteiger partial charge in [0.15, 0.2) is 11.6 Å². The minimum Gasteiger partial charge on any atom is -0.198 e. The summed E-state index contributed by atoms with van der Waals surface area (Å²) in [6.45, 7) is 0. The molecule has 1 aromatic carbocycles. The van der Waals surface area contributed by atoms with Crippen LogP contribution in [0.5, 0.6) is 0 Å². The lowest BCUT2D eigenvalue weighted by atomic mass is 10.2. The van der Waals surface area contributed by atoms with Gasteiger partial charge < -0.3 is 0 Å². The number of nitrogens with zero attached hydrogens (tertiary/aromatic N) is 1. The number of halogens is 2. The summed E-state index contributed by atoms with van der Waals surface area (Å²) in [5, 5.41) is 9.54. The molecular formula is C8H6Cl2N+. The van der Waals surface area contributed by atoms with E-state index in [-0.39, 0.29) is 0 Å². The molecule has 3 heteroatoms. The maximum absolute atomic E-state index is 8.36. The Morgan fingerprint density at radius 3 is 2.82 bits per heavy atom. The molecule has 11 heavy (non-hydrogen) atoms. The lowest BCUT2D eigenvalue weighted by Gasteiger charge is -1.92. The molecule has 0 aliphatic carbocycles. The van der Waals surface area contributed by atoms with Crippen LogP contribution in [0.15, 0.2) is 18.2 Å². The molecule has 0 atom stereocenters. The molecule has 0 aliphatic heterocycles. The van der Waals surface area contributed by atoms with E-state index in [1.807, 2.05) is 12.1 Å². The molecule has 0 heterocycles. The summed E-state index contributed by atoms with van der Waals surface area (Å²) in [5.74, 6) is 0. The standard InChI is InChI=1S/C8H6Cl2N/c9-7-2-1-6(3-4-11)5-8(7)10/h1-2,5,9H,3H2/q+1. The summed E-state index contributed by atoms with van der Waals surface area (Å²) < 4.78 is 0. The fourth-order valence-corrected chi connectivity index (χ4v) is 1.08. The van der Waals surface area contributed by atoms with Crippen molar-refractivity contribution in [3.8, 4) is 6.07 Å². The summed E-state index contributed by atoms with van der Waals surface area (Å²) in [5.41, 5.74) is 0.908. The van der Waals surface area contributed by atoms with Crippen LogP contribution in [0.25, 0.3) is 0 Å². The number of benzene rings is 1. The van der Waals surface area contributed by atoms with Crippen molar-refractivity contribution >= 4 is 11.6 Å². The summed E-state index contributed by atoms with van der Waals surface area (Å²) in [4.78, 5) is 0. The molecule has 0 spiro atoms. The van der Waals surface area contributed by atoms with Crippen LogP contribution in [0.1, 0.15) is 5.56 Å². The molecule has 1 aromatic rings. The topological polar surface area (TPSA) is 23.8 Å². The van der Waals surface area contributed by atoms with E-state index in [1.54, 1.807) is 12.1 Å². The van der Waals surface area contributed by atoms with Crippen LogP contribution in [0.2, 0.25) is 10.0 Å². The molecule has 56 valence electrons. The van der Waals surface area contributed by atoms with Gasteiger partial charge in [-0.05, 0) is 11.6 Å². The van der Waals surface area contributed by atoms with Crippen molar-refractivity contribution in [1.29, 1.82) is 5.26 Å². The van der Waals surface area contributed by atoms with Crippen LogP contribution in [-0.2, 0) is 6.42 Å². The SMILES string of the molecule is N#CCc1ccc([ClH+])c(Cl)c1. The molecule has 0 N–H and O–H groups in total. The number of nitriles is 1. The van der Waals surface area contributed by atoms with Crippen LogP contribution in [0, 0.1) is 22.9 Å². The van der Waals surface area contributed by atoms with Gasteiger partial charge in [0.05, 0.1) is 12.5 Å². The molecule has 0 aliphatic rings. The smallest absolute Gasteiger partial charge is 0.198 e. The monoisotopic (exact) mass is 186 g/mol. The molecule has 0 radical (unpaired) electrons. The summed E-state index contributed by atoms with van der Waals surface area (Å²) in [6.07, 6.45) is 0.384. The van der Waals surface area contributed by atoms with E-state index in [4.69, 9.17) is 28.5 Å². The highest BCUT2D eigenvalue weighted by molar-refractivity contribution is 6.31. The lowest BCUT2D eigenvalue weighted by Crippen LogP contribution is -1.81. The van der Waals surface area contributed by atoms with Gasteiger partial charge in [-0.3, -0.25) is 0 Å². The van der Waals surface area contributed by atoms with Gasteiger partial charge in [0.1, 0.15) is 5.02 Å². The Kier molecular flexibility index (Phi) is 2.76. The fraction of sp³-hybridized carbons (Fsp3) is 0.125. The van der Waals surface area contributed by atoms with E-state index in [2.05, 4.69) is 0 Å². The van der Waals surface area contributed by atoms with E-state index >= 15 is 0 Å². The third-order valence-corrected chi connectivity index (χ3v) is 2.06. The third-order valence-electron chi connectivity index (χ3n) is 1.28. The molecule has 1 nitrogen and oxygen atoms in total. The molecule has 0 bridgehead atoms. The van der Waals surface area contributed by atoms with Crippen molar-refractivity contribution in [3.05, 3.63) is 33.8 Å². The second kappa shape index (κ2) is 3.61. The van der Waals surface area contributed by atoms with Crippen molar-refractivity contribution < 1.29 is 11.6 Å². The number of hydrogen-bond acceptors (Lipinski definition) is 1. The minimum atomic E-state index is 0.384. The highest BCUT2D eigenvalue weighted by Gasteiger charge is 2.04. The van der Waals surface area contributed by atoms with E-state index in [0.717, 1.165) is 5.56 Å². The molecule has 0 aromatic heterocycles. The van der Waals surface area contributed by atoms with Gasteiger partial charge in [-0.25, -0.2) is 0 Å². The Bertz CT molecular complexity index is 301. The van der Waals surface area contributed by atoms with Gasteiger partial charge in [-0.15, -0.1) is 0 Å². The number of hydrogen-bond donors (Lipinski definition) is 0.